The largest absolute Gasteiger partial charge is 0.468 e. The second kappa shape index (κ2) is 5.41. The smallest absolute Gasteiger partial charge is 0.322 e. The molecule has 1 rings (SSSR count). The minimum atomic E-state index is -0.355. The topological polar surface area (TPSA) is 64.1 Å². The van der Waals surface area contributed by atoms with E-state index in [2.05, 4.69) is 20.0 Å². The van der Waals surface area contributed by atoms with E-state index in [9.17, 15) is 4.79 Å². The molecule has 2 atom stereocenters. The minimum Gasteiger partial charge on any atom is -0.468 e. The summed E-state index contributed by atoms with van der Waals surface area (Å²) in [4.78, 5) is 19.3. The first-order chi connectivity index (χ1) is 7.15. The molecule has 0 radical (unpaired) electrons. The highest BCUT2D eigenvalue weighted by molar-refractivity contribution is 5.75. The van der Waals surface area contributed by atoms with Crippen LogP contribution >= 0.6 is 0 Å². The number of nitrogens with one attached hydrogen (secondary N) is 1. The summed E-state index contributed by atoms with van der Waals surface area (Å²) < 4.78 is 4.61. The van der Waals surface area contributed by atoms with Gasteiger partial charge >= 0.3 is 5.97 Å². The molecule has 0 saturated heterocycles. The lowest BCUT2D eigenvalue weighted by Crippen LogP contribution is -2.36. The van der Waals surface area contributed by atoms with Crippen molar-refractivity contribution < 1.29 is 9.53 Å². The Morgan fingerprint density at radius 1 is 1.47 bits per heavy atom. The van der Waals surface area contributed by atoms with Gasteiger partial charge < -0.3 is 4.74 Å². The predicted molar refractivity (Wildman–Crippen MR) is 55.1 cm³/mol. The molecule has 0 aliphatic rings. The Kier molecular flexibility index (Phi) is 4.17. The van der Waals surface area contributed by atoms with Gasteiger partial charge in [-0.15, -0.1) is 0 Å². The zero-order valence-corrected chi connectivity index (χ0v) is 9.10. The number of esters is 1. The number of hydrogen-bond donors (Lipinski definition) is 1. The predicted octanol–water partition coefficient (Wildman–Crippen LogP) is 0.689. The summed E-state index contributed by atoms with van der Waals surface area (Å²) in [5.41, 5.74) is 0.799. The highest BCUT2D eigenvalue weighted by atomic mass is 16.5. The molecule has 0 fully saturated rings. The Balaban J connectivity index is 2.56. The van der Waals surface area contributed by atoms with Gasteiger partial charge in [0.1, 0.15) is 6.04 Å². The highest BCUT2D eigenvalue weighted by Crippen LogP contribution is 2.07. The van der Waals surface area contributed by atoms with Crippen molar-refractivity contribution in [2.24, 2.45) is 0 Å². The molecule has 1 aromatic rings. The van der Waals surface area contributed by atoms with Crippen LogP contribution < -0.4 is 5.32 Å². The normalized spacial score (nSPS) is 14.3. The number of hydrogen-bond acceptors (Lipinski definition) is 5. The summed E-state index contributed by atoms with van der Waals surface area (Å²) in [5, 5.41) is 3.07. The van der Waals surface area contributed by atoms with Gasteiger partial charge in [0.15, 0.2) is 0 Å². The summed E-state index contributed by atoms with van der Waals surface area (Å²) in [6.07, 6.45) is 4.90. The van der Waals surface area contributed by atoms with Crippen molar-refractivity contribution in [3.63, 3.8) is 0 Å². The van der Waals surface area contributed by atoms with E-state index >= 15 is 0 Å². The van der Waals surface area contributed by atoms with Crippen LogP contribution in [0, 0.1) is 0 Å². The average Bonchev–Trinajstić information content (AvgIpc) is 2.29. The monoisotopic (exact) mass is 209 g/mol. The van der Waals surface area contributed by atoms with Gasteiger partial charge in [-0.3, -0.25) is 20.1 Å². The van der Waals surface area contributed by atoms with Crippen molar-refractivity contribution in [1.82, 2.24) is 15.3 Å². The van der Waals surface area contributed by atoms with E-state index in [1.165, 1.54) is 7.11 Å². The number of methoxy groups -OCH3 is 1. The fourth-order valence-electron chi connectivity index (χ4n) is 1.24. The molecule has 82 valence electrons. The molecular formula is C10H15N3O2. The number of carbonyl (C=O) groups is 1. The van der Waals surface area contributed by atoms with Gasteiger partial charge in [-0.1, -0.05) is 0 Å². The van der Waals surface area contributed by atoms with E-state index in [-0.39, 0.29) is 18.1 Å². The van der Waals surface area contributed by atoms with E-state index in [0.29, 0.717) is 0 Å². The van der Waals surface area contributed by atoms with Crippen LogP contribution in [0.25, 0.3) is 0 Å². The van der Waals surface area contributed by atoms with Crippen molar-refractivity contribution in [1.29, 1.82) is 0 Å². The fourth-order valence-corrected chi connectivity index (χ4v) is 1.24. The summed E-state index contributed by atoms with van der Waals surface area (Å²) in [6.45, 7) is 3.67. The Labute approximate surface area is 88.9 Å². The maximum atomic E-state index is 11.2. The Bertz CT molecular complexity index is 316. The van der Waals surface area contributed by atoms with Crippen molar-refractivity contribution in [3.8, 4) is 0 Å². The number of aromatic nitrogens is 2. The molecule has 15 heavy (non-hydrogen) atoms. The Morgan fingerprint density at radius 3 is 2.73 bits per heavy atom. The fraction of sp³-hybridized carbons (Fsp3) is 0.500. The van der Waals surface area contributed by atoms with Gasteiger partial charge in [-0.25, -0.2) is 0 Å². The minimum absolute atomic E-state index is 0.0344. The zero-order chi connectivity index (χ0) is 11.3. The molecule has 0 aliphatic heterocycles. The van der Waals surface area contributed by atoms with Crippen LogP contribution in [0.15, 0.2) is 18.6 Å². The maximum Gasteiger partial charge on any atom is 0.322 e. The molecule has 0 aliphatic carbocycles. The first kappa shape index (κ1) is 11.6. The van der Waals surface area contributed by atoms with Crippen LogP contribution in [0.2, 0.25) is 0 Å². The van der Waals surface area contributed by atoms with Gasteiger partial charge in [0.25, 0.3) is 0 Å². The first-order valence-corrected chi connectivity index (χ1v) is 4.75. The lowest BCUT2D eigenvalue weighted by Gasteiger charge is -2.17. The third kappa shape index (κ3) is 3.28. The van der Waals surface area contributed by atoms with Crippen LogP contribution in [0.1, 0.15) is 25.6 Å². The number of rotatable bonds is 4. The summed E-state index contributed by atoms with van der Waals surface area (Å²) in [6, 6.07) is -0.389. The lowest BCUT2D eigenvalue weighted by atomic mass is 10.2. The Hall–Kier alpha value is -1.49. The molecular weight excluding hydrogens is 194 g/mol. The first-order valence-electron chi connectivity index (χ1n) is 4.75. The lowest BCUT2D eigenvalue weighted by molar-refractivity contribution is -0.142. The molecule has 1 N–H and O–H groups in total. The van der Waals surface area contributed by atoms with Gasteiger partial charge in [-0.2, -0.15) is 0 Å². The van der Waals surface area contributed by atoms with E-state index in [4.69, 9.17) is 0 Å². The van der Waals surface area contributed by atoms with E-state index in [1.54, 1.807) is 25.5 Å². The van der Waals surface area contributed by atoms with Crippen LogP contribution in [-0.2, 0) is 9.53 Å². The quantitative estimate of drug-likeness (QED) is 0.739. The Morgan fingerprint density at radius 2 is 2.20 bits per heavy atom. The molecule has 1 aromatic heterocycles. The van der Waals surface area contributed by atoms with Crippen LogP contribution in [0.4, 0.5) is 0 Å². The second-order valence-corrected chi connectivity index (χ2v) is 3.26. The number of nitrogens with zero attached hydrogens (tertiary/aromatic N) is 2. The molecule has 1 heterocycles. The number of carbonyl (C=O) groups excluding carboxylic acids is 1. The molecule has 0 bridgehead atoms. The van der Waals surface area contributed by atoms with E-state index in [1.807, 2.05) is 6.92 Å². The van der Waals surface area contributed by atoms with Gasteiger partial charge in [0, 0.05) is 24.6 Å². The van der Waals surface area contributed by atoms with E-state index in [0.717, 1.165) is 5.69 Å². The molecule has 2 unspecified atom stereocenters. The van der Waals surface area contributed by atoms with Crippen molar-refractivity contribution >= 4 is 5.97 Å². The molecule has 0 aromatic carbocycles. The van der Waals surface area contributed by atoms with Crippen molar-refractivity contribution in [2.45, 2.75) is 25.9 Å². The second-order valence-electron chi connectivity index (χ2n) is 3.26. The average molecular weight is 209 g/mol. The molecule has 0 spiro atoms. The van der Waals surface area contributed by atoms with Crippen LogP contribution in [0.5, 0.6) is 0 Å². The van der Waals surface area contributed by atoms with E-state index < -0.39 is 0 Å². The summed E-state index contributed by atoms with van der Waals surface area (Å²) in [7, 11) is 1.37. The van der Waals surface area contributed by atoms with Crippen molar-refractivity contribution in [2.75, 3.05) is 7.11 Å². The zero-order valence-electron chi connectivity index (χ0n) is 9.10. The number of ether oxygens (including phenoxy) is 1. The standard InChI is InChI=1S/C10H15N3O2/c1-7(9-6-11-4-5-12-9)13-8(2)10(14)15-3/h4-8,13H,1-3H3. The summed E-state index contributed by atoms with van der Waals surface area (Å²) >= 11 is 0. The molecule has 5 heteroatoms. The van der Waals surface area contributed by atoms with Gasteiger partial charge in [0.05, 0.1) is 12.8 Å². The summed E-state index contributed by atoms with van der Waals surface area (Å²) in [5.74, 6) is -0.286. The maximum absolute atomic E-state index is 11.2. The highest BCUT2D eigenvalue weighted by Gasteiger charge is 2.16. The van der Waals surface area contributed by atoms with Crippen LogP contribution in [0.3, 0.4) is 0 Å². The third-order valence-corrected chi connectivity index (χ3v) is 2.08. The molecule has 5 nitrogen and oxygen atoms in total. The molecule has 0 amide bonds. The van der Waals surface area contributed by atoms with Crippen molar-refractivity contribution in [3.05, 3.63) is 24.3 Å². The third-order valence-electron chi connectivity index (χ3n) is 2.08. The molecule has 0 saturated carbocycles. The van der Waals surface area contributed by atoms with Gasteiger partial charge in [-0.05, 0) is 13.8 Å². The van der Waals surface area contributed by atoms with Crippen LogP contribution in [-0.4, -0.2) is 29.1 Å². The SMILES string of the molecule is COC(=O)C(C)NC(C)c1cnccn1. The van der Waals surface area contributed by atoms with Gasteiger partial charge in [0.2, 0.25) is 0 Å².